The van der Waals surface area contributed by atoms with Crippen LogP contribution in [0.15, 0.2) is 24.3 Å². The number of carbonyl (C=O) groups is 3. The molecule has 0 N–H and O–H groups in total. The van der Waals surface area contributed by atoms with Crippen LogP contribution in [0.5, 0.6) is 5.75 Å². The van der Waals surface area contributed by atoms with Gasteiger partial charge in [0.25, 0.3) is 0 Å². The maximum absolute atomic E-state index is 13.1. The highest BCUT2D eigenvalue weighted by molar-refractivity contribution is 6.01. The summed E-state index contributed by atoms with van der Waals surface area (Å²) in [6.45, 7) is 5.88. The molecule has 0 bridgehead atoms. The molecule has 8 heteroatoms. The summed E-state index contributed by atoms with van der Waals surface area (Å²) in [7, 11) is 3.51. The van der Waals surface area contributed by atoms with Gasteiger partial charge in [-0.1, -0.05) is 12.1 Å². The summed E-state index contributed by atoms with van der Waals surface area (Å²) in [5.74, 6) is 0.369. The van der Waals surface area contributed by atoms with E-state index in [-0.39, 0.29) is 30.1 Å². The fraction of sp³-hybridized carbons (Fsp3) is 0.591. The van der Waals surface area contributed by atoms with Crippen LogP contribution in [0.1, 0.15) is 19.8 Å². The van der Waals surface area contributed by atoms with E-state index in [9.17, 15) is 14.4 Å². The number of para-hydroxylation sites is 2. The molecule has 1 atom stereocenters. The molecule has 0 saturated carbocycles. The summed E-state index contributed by atoms with van der Waals surface area (Å²) in [5.41, 5.74) is 0.726. The molecule has 0 aliphatic carbocycles. The topological polar surface area (TPSA) is 73.4 Å². The summed E-state index contributed by atoms with van der Waals surface area (Å²) < 4.78 is 5.66. The van der Waals surface area contributed by atoms with Gasteiger partial charge in [0, 0.05) is 53.2 Å². The number of likely N-dealkylation sites (N-methyl/N-ethyl adjacent to an activating group) is 1. The number of amides is 3. The zero-order chi connectivity index (χ0) is 21.7. The monoisotopic (exact) mass is 416 g/mol. The lowest BCUT2D eigenvalue weighted by molar-refractivity contribution is -0.135. The average Bonchev–Trinajstić information content (AvgIpc) is 2.96. The van der Waals surface area contributed by atoms with Crippen molar-refractivity contribution in [1.82, 2.24) is 14.7 Å². The number of hydrogen-bond acceptors (Lipinski definition) is 5. The molecule has 2 saturated heterocycles. The molecule has 2 aliphatic rings. The molecule has 3 amide bonds. The lowest BCUT2D eigenvalue weighted by Gasteiger charge is -2.25. The molecule has 2 fully saturated rings. The van der Waals surface area contributed by atoms with E-state index >= 15 is 0 Å². The smallest absolute Gasteiger partial charge is 0.236 e. The van der Waals surface area contributed by atoms with Crippen LogP contribution in [-0.4, -0.2) is 92.4 Å². The number of rotatable bonds is 6. The Labute approximate surface area is 178 Å². The summed E-state index contributed by atoms with van der Waals surface area (Å²) >= 11 is 0. The van der Waals surface area contributed by atoms with Gasteiger partial charge in [-0.05, 0) is 25.5 Å². The maximum Gasteiger partial charge on any atom is 0.236 e. The highest BCUT2D eigenvalue weighted by Crippen LogP contribution is 2.33. The van der Waals surface area contributed by atoms with Crippen LogP contribution in [0.25, 0.3) is 0 Å². The van der Waals surface area contributed by atoms with Crippen molar-refractivity contribution < 1.29 is 19.1 Å². The van der Waals surface area contributed by atoms with Gasteiger partial charge in [-0.15, -0.1) is 0 Å². The third-order valence-corrected chi connectivity index (χ3v) is 5.69. The van der Waals surface area contributed by atoms with E-state index in [1.165, 1.54) is 0 Å². The molecule has 2 heterocycles. The molecule has 1 aromatic carbocycles. The summed E-state index contributed by atoms with van der Waals surface area (Å²) in [6, 6.07) is 7.46. The molecule has 2 aliphatic heterocycles. The van der Waals surface area contributed by atoms with Gasteiger partial charge in [0.05, 0.1) is 24.8 Å². The standard InChI is InChI=1S/C22H32N4O4/c1-4-30-19-9-6-5-8-18(19)26-15-17(14-20(26)27)22(29)25-11-7-10-24(12-13-25)16-21(28)23(2)3/h5-6,8-9,17H,4,7,10-16H2,1-3H3. The maximum atomic E-state index is 13.1. The van der Waals surface area contributed by atoms with E-state index in [0.717, 1.165) is 18.7 Å². The average molecular weight is 417 g/mol. The third kappa shape index (κ3) is 5.11. The zero-order valence-corrected chi connectivity index (χ0v) is 18.2. The van der Waals surface area contributed by atoms with Gasteiger partial charge in [-0.3, -0.25) is 19.3 Å². The largest absolute Gasteiger partial charge is 0.492 e. The Bertz CT molecular complexity index is 782. The first-order valence-corrected chi connectivity index (χ1v) is 10.6. The minimum atomic E-state index is -0.345. The summed E-state index contributed by atoms with van der Waals surface area (Å²) in [5, 5.41) is 0. The van der Waals surface area contributed by atoms with Crippen molar-refractivity contribution in [2.75, 3.05) is 64.9 Å². The fourth-order valence-electron chi connectivity index (χ4n) is 4.00. The SMILES string of the molecule is CCOc1ccccc1N1CC(C(=O)N2CCCN(CC(=O)N(C)C)CC2)CC1=O. The molecule has 1 aromatic rings. The van der Waals surface area contributed by atoms with Crippen LogP contribution in [0.3, 0.4) is 0 Å². The molecule has 3 rings (SSSR count). The Kier molecular flexibility index (Phi) is 7.31. The Balaban J connectivity index is 1.61. The van der Waals surface area contributed by atoms with Crippen molar-refractivity contribution in [3.8, 4) is 5.75 Å². The number of anilines is 1. The first-order valence-electron chi connectivity index (χ1n) is 10.6. The van der Waals surface area contributed by atoms with Gasteiger partial charge in [0.2, 0.25) is 17.7 Å². The van der Waals surface area contributed by atoms with Gasteiger partial charge in [-0.2, -0.15) is 0 Å². The highest BCUT2D eigenvalue weighted by atomic mass is 16.5. The van der Waals surface area contributed by atoms with Crippen molar-refractivity contribution in [1.29, 1.82) is 0 Å². The van der Waals surface area contributed by atoms with Gasteiger partial charge >= 0.3 is 0 Å². The van der Waals surface area contributed by atoms with Crippen LogP contribution >= 0.6 is 0 Å². The van der Waals surface area contributed by atoms with E-state index in [4.69, 9.17) is 4.74 Å². The lowest BCUT2D eigenvalue weighted by Crippen LogP contribution is -2.41. The van der Waals surface area contributed by atoms with Crippen molar-refractivity contribution in [2.24, 2.45) is 5.92 Å². The third-order valence-electron chi connectivity index (χ3n) is 5.69. The van der Waals surface area contributed by atoms with Crippen molar-refractivity contribution in [3.63, 3.8) is 0 Å². The first-order chi connectivity index (χ1) is 14.4. The Morgan fingerprint density at radius 3 is 2.63 bits per heavy atom. The minimum Gasteiger partial charge on any atom is -0.492 e. The first kappa shape index (κ1) is 22.1. The highest BCUT2D eigenvalue weighted by Gasteiger charge is 2.38. The van der Waals surface area contributed by atoms with E-state index in [2.05, 4.69) is 4.90 Å². The molecule has 0 aromatic heterocycles. The predicted octanol–water partition coefficient (Wildman–Crippen LogP) is 1.06. The second-order valence-corrected chi connectivity index (χ2v) is 8.05. The Hall–Kier alpha value is -2.61. The number of nitrogens with zero attached hydrogens (tertiary/aromatic N) is 4. The second-order valence-electron chi connectivity index (χ2n) is 8.05. The normalized spacial score (nSPS) is 20.2. The van der Waals surface area contributed by atoms with Crippen LogP contribution in [-0.2, 0) is 14.4 Å². The van der Waals surface area contributed by atoms with Gasteiger partial charge in [0.1, 0.15) is 5.75 Å². The quantitative estimate of drug-likeness (QED) is 0.693. The Morgan fingerprint density at radius 2 is 1.90 bits per heavy atom. The van der Waals surface area contributed by atoms with Crippen molar-refractivity contribution >= 4 is 23.4 Å². The van der Waals surface area contributed by atoms with Gasteiger partial charge < -0.3 is 19.4 Å². The van der Waals surface area contributed by atoms with Gasteiger partial charge in [0.15, 0.2) is 0 Å². The lowest BCUT2D eigenvalue weighted by atomic mass is 10.1. The van der Waals surface area contributed by atoms with Crippen molar-refractivity contribution in [2.45, 2.75) is 19.8 Å². The molecule has 8 nitrogen and oxygen atoms in total. The van der Waals surface area contributed by atoms with Crippen molar-refractivity contribution in [3.05, 3.63) is 24.3 Å². The Morgan fingerprint density at radius 1 is 1.13 bits per heavy atom. The van der Waals surface area contributed by atoms with Crippen LogP contribution in [0, 0.1) is 5.92 Å². The van der Waals surface area contributed by atoms with Crippen LogP contribution in [0.4, 0.5) is 5.69 Å². The summed E-state index contributed by atoms with van der Waals surface area (Å²) in [6.07, 6.45) is 1.04. The number of carbonyl (C=O) groups excluding carboxylic acids is 3. The van der Waals surface area contributed by atoms with E-state index in [1.54, 1.807) is 23.9 Å². The summed E-state index contributed by atoms with van der Waals surface area (Å²) in [4.78, 5) is 45.0. The van der Waals surface area contributed by atoms with Crippen LogP contribution < -0.4 is 9.64 Å². The van der Waals surface area contributed by atoms with E-state index in [1.807, 2.05) is 36.1 Å². The molecule has 0 radical (unpaired) electrons. The molecule has 30 heavy (non-hydrogen) atoms. The molecule has 0 spiro atoms. The number of hydrogen-bond donors (Lipinski definition) is 0. The minimum absolute atomic E-state index is 0.0283. The van der Waals surface area contributed by atoms with E-state index < -0.39 is 0 Å². The molecular weight excluding hydrogens is 384 g/mol. The van der Waals surface area contributed by atoms with E-state index in [0.29, 0.717) is 45.1 Å². The molecule has 164 valence electrons. The fourth-order valence-corrected chi connectivity index (χ4v) is 4.00. The molecule has 1 unspecified atom stereocenters. The predicted molar refractivity (Wildman–Crippen MR) is 114 cm³/mol. The molecular formula is C22H32N4O4. The van der Waals surface area contributed by atoms with Crippen LogP contribution in [0.2, 0.25) is 0 Å². The zero-order valence-electron chi connectivity index (χ0n) is 18.2. The van der Waals surface area contributed by atoms with Gasteiger partial charge in [-0.25, -0.2) is 0 Å². The number of benzene rings is 1. The number of ether oxygens (including phenoxy) is 1. The second kappa shape index (κ2) is 9.93.